The molecule has 0 saturated carbocycles. The van der Waals surface area contributed by atoms with E-state index in [1.54, 1.807) is 18.2 Å². The van der Waals surface area contributed by atoms with Crippen LogP contribution in [-0.4, -0.2) is 17.5 Å². The van der Waals surface area contributed by atoms with Gasteiger partial charge >= 0.3 is 0 Å². The summed E-state index contributed by atoms with van der Waals surface area (Å²) in [6, 6.07) is 10.3. The second-order valence-electron chi connectivity index (χ2n) is 5.29. The fourth-order valence-electron chi connectivity index (χ4n) is 2.55. The third-order valence-corrected chi connectivity index (χ3v) is 4.76. The Morgan fingerprint density at radius 3 is 2.96 bits per heavy atom. The van der Waals surface area contributed by atoms with E-state index in [0.29, 0.717) is 17.0 Å². The van der Waals surface area contributed by atoms with Crippen molar-refractivity contribution in [3.05, 3.63) is 69.6 Å². The van der Waals surface area contributed by atoms with Crippen molar-refractivity contribution in [3.63, 3.8) is 0 Å². The van der Waals surface area contributed by atoms with E-state index in [9.17, 15) is 9.90 Å². The Bertz CT molecular complexity index is 783. The fourth-order valence-corrected chi connectivity index (χ4v) is 3.53. The molecule has 1 heterocycles. The minimum Gasteiger partial charge on any atom is -0.508 e. The third-order valence-electron chi connectivity index (χ3n) is 3.62. The van der Waals surface area contributed by atoms with Gasteiger partial charge in [0.15, 0.2) is 0 Å². The lowest BCUT2D eigenvalue weighted by Gasteiger charge is -2.13. The molecule has 118 valence electrons. The summed E-state index contributed by atoms with van der Waals surface area (Å²) in [7, 11) is 0. The highest BCUT2D eigenvalue weighted by Crippen LogP contribution is 2.31. The van der Waals surface area contributed by atoms with Crippen LogP contribution in [0.2, 0.25) is 0 Å². The van der Waals surface area contributed by atoms with Crippen molar-refractivity contribution < 1.29 is 14.6 Å². The Labute approximate surface area is 139 Å². The minimum atomic E-state index is -0.0671. The second-order valence-corrected chi connectivity index (χ2v) is 6.37. The number of thiophene rings is 1. The number of carbonyl (C=O) groups excluding carboxylic acids is 1. The van der Waals surface area contributed by atoms with E-state index in [1.165, 1.54) is 17.4 Å². The molecule has 3 rings (SSSR count). The van der Waals surface area contributed by atoms with Crippen LogP contribution < -0.4 is 0 Å². The first-order chi connectivity index (χ1) is 11.2. The zero-order valence-corrected chi connectivity index (χ0v) is 13.7. The number of benzene rings is 1. The van der Waals surface area contributed by atoms with Crippen molar-refractivity contribution in [1.29, 1.82) is 0 Å². The van der Waals surface area contributed by atoms with E-state index in [4.69, 9.17) is 4.74 Å². The highest BCUT2D eigenvalue weighted by molar-refractivity contribution is 7.15. The maximum atomic E-state index is 12.5. The van der Waals surface area contributed by atoms with E-state index >= 15 is 0 Å². The monoisotopic (exact) mass is 326 g/mol. The normalized spacial score (nSPS) is 14.1. The molecule has 0 unspecified atom stereocenters. The summed E-state index contributed by atoms with van der Waals surface area (Å²) in [6.07, 6.45) is 6.12. The molecular formula is C19H18O3S. The second kappa shape index (κ2) is 6.84. The molecule has 4 heteroatoms. The molecule has 2 aromatic rings. The van der Waals surface area contributed by atoms with Gasteiger partial charge in [0.05, 0.1) is 17.2 Å². The van der Waals surface area contributed by atoms with Crippen LogP contribution in [0.3, 0.4) is 0 Å². The number of aromatic hydroxyl groups is 1. The van der Waals surface area contributed by atoms with Gasteiger partial charge in [-0.2, -0.15) is 0 Å². The van der Waals surface area contributed by atoms with Crippen LogP contribution in [0, 0.1) is 0 Å². The Morgan fingerprint density at radius 2 is 2.17 bits per heavy atom. The van der Waals surface area contributed by atoms with Crippen LogP contribution in [0.25, 0.3) is 5.57 Å². The largest absolute Gasteiger partial charge is 0.508 e. The highest BCUT2D eigenvalue weighted by atomic mass is 32.1. The van der Waals surface area contributed by atoms with E-state index in [1.807, 2.05) is 19.1 Å². The Kier molecular flexibility index (Phi) is 4.63. The molecule has 1 N–H and O–H groups in total. The predicted molar refractivity (Wildman–Crippen MR) is 92.8 cm³/mol. The zero-order chi connectivity index (χ0) is 16.2. The molecule has 3 nitrogen and oxygen atoms in total. The summed E-state index contributed by atoms with van der Waals surface area (Å²) in [5.74, 6) is 1.04. The summed E-state index contributed by atoms with van der Waals surface area (Å²) in [5.41, 5.74) is 1.61. The first-order valence-electron chi connectivity index (χ1n) is 7.65. The molecule has 23 heavy (non-hydrogen) atoms. The van der Waals surface area contributed by atoms with Crippen molar-refractivity contribution >= 4 is 22.7 Å². The van der Waals surface area contributed by atoms with Crippen LogP contribution in [0.5, 0.6) is 5.75 Å². The molecule has 1 aromatic carbocycles. The molecule has 0 spiro atoms. The summed E-state index contributed by atoms with van der Waals surface area (Å²) in [4.78, 5) is 14.2. The first kappa shape index (κ1) is 15.6. The molecule has 0 radical (unpaired) electrons. The average molecular weight is 326 g/mol. The van der Waals surface area contributed by atoms with Gasteiger partial charge in [0.25, 0.3) is 0 Å². The summed E-state index contributed by atoms with van der Waals surface area (Å²) < 4.78 is 5.60. The highest BCUT2D eigenvalue weighted by Gasteiger charge is 2.15. The SMILES string of the molecule is CCOC1=CC(c2ccc(C(=O)c3cccc(O)c3)s2)=CCC1. The van der Waals surface area contributed by atoms with E-state index in [2.05, 4.69) is 12.2 Å². The maximum Gasteiger partial charge on any atom is 0.203 e. The Hall–Kier alpha value is -2.33. The van der Waals surface area contributed by atoms with Crippen molar-refractivity contribution in [3.8, 4) is 5.75 Å². The lowest BCUT2D eigenvalue weighted by molar-refractivity contribution is 0.104. The average Bonchev–Trinajstić information content (AvgIpc) is 3.05. The van der Waals surface area contributed by atoms with Crippen molar-refractivity contribution in [1.82, 2.24) is 0 Å². The third kappa shape index (κ3) is 3.54. The predicted octanol–water partition coefficient (Wildman–Crippen LogP) is 4.78. The van der Waals surface area contributed by atoms with Crippen LogP contribution in [0.4, 0.5) is 0 Å². The number of ether oxygens (including phenoxy) is 1. The zero-order valence-electron chi connectivity index (χ0n) is 12.9. The van der Waals surface area contributed by atoms with Gasteiger partial charge in [-0.05, 0) is 49.3 Å². The quantitative estimate of drug-likeness (QED) is 0.804. The summed E-state index contributed by atoms with van der Waals surface area (Å²) in [5, 5.41) is 9.52. The van der Waals surface area contributed by atoms with Gasteiger partial charge in [-0.15, -0.1) is 11.3 Å². The molecule has 0 aliphatic heterocycles. The minimum absolute atomic E-state index is 0.0671. The number of hydrogen-bond acceptors (Lipinski definition) is 4. The van der Waals surface area contributed by atoms with E-state index in [0.717, 1.165) is 29.1 Å². The molecule has 1 aliphatic carbocycles. The molecule has 0 saturated heterocycles. The molecule has 0 bridgehead atoms. The maximum absolute atomic E-state index is 12.5. The van der Waals surface area contributed by atoms with Gasteiger partial charge in [-0.3, -0.25) is 4.79 Å². The van der Waals surface area contributed by atoms with Gasteiger partial charge < -0.3 is 9.84 Å². The standard InChI is InChI=1S/C19H18O3S/c1-2-22-16-8-4-5-13(12-16)17-9-10-18(23-17)19(21)14-6-3-7-15(20)11-14/h3,5-7,9-12,20H,2,4,8H2,1H3. The molecule has 1 aromatic heterocycles. The van der Waals surface area contributed by atoms with Gasteiger partial charge in [-0.1, -0.05) is 18.2 Å². The van der Waals surface area contributed by atoms with Crippen LogP contribution in [0.15, 0.2) is 54.3 Å². The number of phenols is 1. The molecule has 0 amide bonds. The van der Waals surface area contributed by atoms with Gasteiger partial charge in [0.1, 0.15) is 5.75 Å². The molecule has 0 fully saturated rings. The Balaban J connectivity index is 1.83. The summed E-state index contributed by atoms with van der Waals surface area (Å²) in [6.45, 7) is 2.65. The van der Waals surface area contributed by atoms with Crippen LogP contribution >= 0.6 is 11.3 Å². The summed E-state index contributed by atoms with van der Waals surface area (Å²) >= 11 is 1.47. The number of hydrogen-bond donors (Lipinski definition) is 1. The molecule has 1 aliphatic rings. The lowest BCUT2D eigenvalue weighted by Crippen LogP contribution is -1.97. The van der Waals surface area contributed by atoms with Gasteiger partial charge in [0.2, 0.25) is 5.78 Å². The number of phenolic OH excluding ortho intramolecular Hbond substituents is 1. The smallest absolute Gasteiger partial charge is 0.203 e. The molecule has 0 atom stereocenters. The fraction of sp³-hybridized carbons (Fsp3) is 0.211. The van der Waals surface area contributed by atoms with Crippen LogP contribution in [-0.2, 0) is 4.74 Å². The van der Waals surface area contributed by atoms with Crippen molar-refractivity contribution in [2.75, 3.05) is 6.61 Å². The van der Waals surface area contributed by atoms with Gasteiger partial charge in [0, 0.05) is 16.9 Å². The lowest BCUT2D eigenvalue weighted by atomic mass is 10.0. The van der Waals surface area contributed by atoms with E-state index < -0.39 is 0 Å². The van der Waals surface area contributed by atoms with Gasteiger partial charge in [-0.25, -0.2) is 0 Å². The van der Waals surface area contributed by atoms with Crippen molar-refractivity contribution in [2.45, 2.75) is 19.8 Å². The Morgan fingerprint density at radius 1 is 1.30 bits per heavy atom. The topological polar surface area (TPSA) is 46.5 Å². The number of carbonyl (C=O) groups is 1. The number of rotatable bonds is 5. The van der Waals surface area contributed by atoms with Crippen LogP contribution in [0.1, 0.15) is 39.9 Å². The number of ketones is 1. The number of allylic oxidation sites excluding steroid dienone is 4. The van der Waals surface area contributed by atoms with Crippen molar-refractivity contribution in [2.24, 2.45) is 0 Å². The van der Waals surface area contributed by atoms with E-state index in [-0.39, 0.29) is 11.5 Å². The first-order valence-corrected chi connectivity index (χ1v) is 8.46. The molecular weight excluding hydrogens is 308 g/mol.